The maximum Gasteiger partial charge on any atom is 0.300 e. The number of aliphatic hydroxyl groups is 1. The molecule has 1 aliphatic rings. The maximum absolute atomic E-state index is 13.4. The van der Waals surface area contributed by atoms with Crippen molar-refractivity contribution in [1.29, 1.82) is 0 Å². The van der Waals surface area contributed by atoms with Gasteiger partial charge in [-0.05, 0) is 59.4 Å². The Morgan fingerprint density at radius 2 is 1.62 bits per heavy atom. The second kappa shape index (κ2) is 10.5. The van der Waals surface area contributed by atoms with E-state index in [0.717, 1.165) is 12.0 Å². The number of methoxy groups -OCH3 is 1. The highest BCUT2D eigenvalue weighted by Gasteiger charge is 2.47. The van der Waals surface area contributed by atoms with Gasteiger partial charge < -0.3 is 14.6 Å². The van der Waals surface area contributed by atoms with Crippen LogP contribution in [0.5, 0.6) is 11.5 Å². The van der Waals surface area contributed by atoms with E-state index in [1.54, 1.807) is 55.6 Å². The number of Topliss-reactive ketones (excluding diaryl/α,β-unsaturated/α-hetero) is 1. The minimum Gasteiger partial charge on any atom is -0.507 e. The summed E-state index contributed by atoms with van der Waals surface area (Å²) in [6, 6.07) is 20.9. The van der Waals surface area contributed by atoms with Gasteiger partial charge in [-0.2, -0.15) is 0 Å². The van der Waals surface area contributed by atoms with E-state index in [1.165, 1.54) is 4.90 Å². The van der Waals surface area contributed by atoms with Crippen LogP contribution in [0.15, 0.2) is 78.4 Å². The van der Waals surface area contributed by atoms with Gasteiger partial charge in [-0.15, -0.1) is 0 Å². The summed E-state index contributed by atoms with van der Waals surface area (Å²) in [4.78, 5) is 28.3. The topological polar surface area (TPSA) is 76.1 Å². The standard InChI is InChI=1S/C31H33NO5/c1-6-18-37-25-9-7-8-21(19-25)28(33)26-27(20-10-16-24(36-5)17-11-20)32(30(35)29(26)34)23-14-12-22(13-15-23)31(2,3)4/h7-17,19,27,33H,6,18H2,1-5H3/b28-26+. The van der Waals surface area contributed by atoms with Gasteiger partial charge in [0.05, 0.1) is 25.3 Å². The quantitative estimate of drug-likeness (QED) is 0.231. The number of hydrogen-bond donors (Lipinski definition) is 1. The zero-order valence-corrected chi connectivity index (χ0v) is 21.9. The Hall–Kier alpha value is -4.06. The first kappa shape index (κ1) is 26.0. The van der Waals surface area contributed by atoms with Crippen LogP contribution in [0.2, 0.25) is 0 Å². The number of aliphatic hydroxyl groups excluding tert-OH is 1. The number of hydrogen-bond acceptors (Lipinski definition) is 5. The number of anilines is 1. The van der Waals surface area contributed by atoms with Gasteiger partial charge in [0.1, 0.15) is 17.3 Å². The molecular weight excluding hydrogens is 466 g/mol. The van der Waals surface area contributed by atoms with E-state index < -0.39 is 17.7 Å². The molecule has 6 heteroatoms. The molecule has 1 saturated heterocycles. The van der Waals surface area contributed by atoms with Crippen molar-refractivity contribution in [2.45, 2.75) is 45.6 Å². The largest absolute Gasteiger partial charge is 0.507 e. The fourth-order valence-electron chi connectivity index (χ4n) is 4.43. The van der Waals surface area contributed by atoms with E-state index in [4.69, 9.17) is 9.47 Å². The molecule has 1 N–H and O–H groups in total. The second-order valence-electron chi connectivity index (χ2n) is 10.1. The summed E-state index contributed by atoms with van der Waals surface area (Å²) in [7, 11) is 1.57. The van der Waals surface area contributed by atoms with Gasteiger partial charge in [-0.1, -0.05) is 64.1 Å². The third kappa shape index (κ3) is 5.24. The van der Waals surface area contributed by atoms with Crippen molar-refractivity contribution in [3.63, 3.8) is 0 Å². The summed E-state index contributed by atoms with van der Waals surface area (Å²) in [6.07, 6.45) is 0.840. The van der Waals surface area contributed by atoms with E-state index in [-0.39, 0.29) is 16.7 Å². The number of ketones is 1. The van der Waals surface area contributed by atoms with Crippen LogP contribution in [0.1, 0.15) is 56.8 Å². The summed E-state index contributed by atoms with van der Waals surface area (Å²) in [5, 5.41) is 11.4. The van der Waals surface area contributed by atoms with Gasteiger partial charge in [-0.3, -0.25) is 14.5 Å². The molecule has 1 atom stereocenters. The van der Waals surface area contributed by atoms with Crippen molar-refractivity contribution in [3.05, 3.63) is 95.1 Å². The summed E-state index contributed by atoms with van der Waals surface area (Å²) in [5.74, 6) is -0.438. The fourth-order valence-corrected chi connectivity index (χ4v) is 4.43. The number of carbonyl (C=O) groups excluding carboxylic acids is 2. The van der Waals surface area contributed by atoms with Crippen molar-refractivity contribution in [3.8, 4) is 11.5 Å². The van der Waals surface area contributed by atoms with Crippen LogP contribution >= 0.6 is 0 Å². The van der Waals surface area contributed by atoms with Gasteiger partial charge in [0.2, 0.25) is 0 Å². The highest BCUT2D eigenvalue weighted by atomic mass is 16.5. The SMILES string of the molecule is CCCOc1cccc(/C(O)=C2\C(=O)C(=O)N(c3ccc(C(C)(C)C)cc3)C2c2ccc(OC)cc2)c1. The van der Waals surface area contributed by atoms with Crippen molar-refractivity contribution < 1.29 is 24.2 Å². The molecule has 0 saturated carbocycles. The average Bonchev–Trinajstić information content (AvgIpc) is 3.17. The van der Waals surface area contributed by atoms with Crippen LogP contribution in [0.4, 0.5) is 5.69 Å². The van der Waals surface area contributed by atoms with Crippen LogP contribution < -0.4 is 14.4 Å². The normalized spacial score (nSPS) is 17.2. The Morgan fingerprint density at radius 1 is 0.946 bits per heavy atom. The summed E-state index contributed by atoms with van der Waals surface area (Å²) >= 11 is 0. The Labute approximate surface area is 218 Å². The molecule has 6 nitrogen and oxygen atoms in total. The lowest BCUT2D eigenvalue weighted by atomic mass is 9.87. The van der Waals surface area contributed by atoms with Crippen LogP contribution in [0.3, 0.4) is 0 Å². The van der Waals surface area contributed by atoms with Crippen LogP contribution in [-0.4, -0.2) is 30.5 Å². The van der Waals surface area contributed by atoms with Crippen LogP contribution in [-0.2, 0) is 15.0 Å². The lowest BCUT2D eigenvalue weighted by Gasteiger charge is -2.27. The van der Waals surface area contributed by atoms with Crippen molar-refractivity contribution in [2.75, 3.05) is 18.6 Å². The Balaban J connectivity index is 1.86. The molecule has 3 aromatic carbocycles. The Morgan fingerprint density at radius 3 is 2.22 bits per heavy atom. The Kier molecular flexibility index (Phi) is 7.39. The van der Waals surface area contributed by atoms with E-state index >= 15 is 0 Å². The molecule has 37 heavy (non-hydrogen) atoms. The smallest absolute Gasteiger partial charge is 0.300 e. The third-order valence-electron chi connectivity index (χ3n) is 6.47. The molecule has 0 bridgehead atoms. The Bertz CT molecular complexity index is 1320. The molecule has 1 aliphatic heterocycles. The lowest BCUT2D eigenvalue weighted by Crippen LogP contribution is -2.29. The third-order valence-corrected chi connectivity index (χ3v) is 6.47. The first-order valence-electron chi connectivity index (χ1n) is 12.4. The molecule has 0 spiro atoms. The minimum absolute atomic E-state index is 0.0303. The van der Waals surface area contributed by atoms with Crippen LogP contribution in [0, 0.1) is 0 Å². The van der Waals surface area contributed by atoms with E-state index in [1.807, 2.05) is 31.2 Å². The zero-order chi connectivity index (χ0) is 26.7. The average molecular weight is 500 g/mol. The molecule has 1 fully saturated rings. The van der Waals surface area contributed by atoms with E-state index in [9.17, 15) is 14.7 Å². The van der Waals surface area contributed by atoms with Crippen molar-refractivity contribution >= 4 is 23.1 Å². The predicted octanol–water partition coefficient (Wildman–Crippen LogP) is 6.41. The molecular formula is C31H33NO5. The molecule has 1 unspecified atom stereocenters. The maximum atomic E-state index is 13.4. The highest BCUT2D eigenvalue weighted by molar-refractivity contribution is 6.51. The van der Waals surface area contributed by atoms with Crippen molar-refractivity contribution in [1.82, 2.24) is 0 Å². The van der Waals surface area contributed by atoms with E-state index in [2.05, 4.69) is 20.8 Å². The van der Waals surface area contributed by atoms with Gasteiger partial charge >= 0.3 is 0 Å². The monoisotopic (exact) mass is 499 g/mol. The number of ether oxygens (including phenoxy) is 2. The summed E-state index contributed by atoms with van der Waals surface area (Å²) in [6.45, 7) is 8.89. The number of amides is 1. The van der Waals surface area contributed by atoms with Gasteiger partial charge in [0.15, 0.2) is 0 Å². The molecule has 4 rings (SSSR count). The predicted molar refractivity (Wildman–Crippen MR) is 145 cm³/mol. The number of rotatable bonds is 7. The molecule has 1 heterocycles. The van der Waals surface area contributed by atoms with Gasteiger partial charge in [0.25, 0.3) is 11.7 Å². The molecule has 192 valence electrons. The fraction of sp³-hybridized carbons (Fsp3) is 0.290. The van der Waals surface area contributed by atoms with Gasteiger partial charge in [0, 0.05) is 11.3 Å². The second-order valence-corrected chi connectivity index (χ2v) is 10.1. The molecule has 0 aromatic heterocycles. The first-order chi connectivity index (χ1) is 17.7. The zero-order valence-electron chi connectivity index (χ0n) is 21.9. The highest BCUT2D eigenvalue weighted by Crippen LogP contribution is 2.43. The van der Waals surface area contributed by atoms with Crippen LogP contribution in [0.25, 0.3) is 5.76 Å². The molecule has 0 radical (unpaired) electrons. The number of nitrogens with zero attached hydrogens (tertiary/aromatic N) is 1. The minimum atomic E-state index is -0.813. The number of carbonyl (C=O) groups is 2. The van der Waals surface area contributed by atoms with Gasteiger partial charge in [-0.25, -0.2) is 0 Å². The van der Waals surface area contributed by atoms with Crippen molar-refractivity contribution in [2.24, 2.45) is 0 Å². The molecule has 1 amide bonds. The lowest BCUT2D eigenvalue weighted by molar-refractivity contribution is -0.132. The number of benzene rings is 3. The summed E-state index contributed by atoms with van der Waals surface area (Å²) < 4.78 is 11.0. The first-order valence-corrected chi connectivity index (χ1v) is 12.4. The van der Waals surface area contributed by atoms with E-state index in [0.29, 0.717) is 34.9 Å². The molecule has 0 aliphatic carbocycles. The molecule has 3 aromatic rings. The summed E-state index contributed by atoms with van der Waals surface area (Å²) in [5.41, 5.74) is 2.75.